The summed E-state index contributed by atoms with van der Waals surface area (Å²) >= 11 is 5.98. The van der Waals surface area contributed by atoms with E-state index in [1.807, 2.05) is 42.5 Å². The number of carbonyl (C=O) groups excluding carboxylic acids is 1. The zero-order valence-electron chi connectivity index (χ0n) is 14.6. The van der Waals surface area contributed by atoms with Crippen molar-refractivity contribution in [3.63, 3.8) is 0 Å². The normalized spacial score (nSPS) is 12.4. The van der Waals surface area contributed by atoms with Crippen LogP contribution < -0.4 is 5.32 Å². The first kappa shape index (κ1) is 19.1. The maximum absolute atomic E-state index is 12.8. The highest BCUT2D eigenvalue weighted by Gasteiger charge is 2.19. The van der Waals surface area contributed by atoms with E-state index in [1.54, 1.807) is 24.3 Å². The quantitative estimate of drug-likeness (QED) is 0.697. The van der Waals surface area contributed by atoms with Gasteiger partial charge >= 0.3 is 0 Å². The molecule has 4 nitrogen and oxygen atoms in total. The van der Waals surface area contributed by atoms with E-state index < -0.39 is 15.9 Å². The number of benzene rings is 3. The fraction of sp³-hybridized carbons (Fsp3) is 0.0952. The smallest absolute Gasteiger partial charge is 0.252 e. The Balaban J connectivity index is 1.95. The van der Waals surface area contributed by atoms with Gasteiger partial charge in [-0.15, -0.1) is 0 Å². The molecule has 1 unspecified atom stereocenters. The first-order chi connectivity index (χ1) is 12.8. The summed E-state index contributed by atoms with van der Waals surface area (Å²) in [7, 11) is -3.39. The minimum atomic E-state index is -3.39. The number of hydrogen-bond donors (Lipinski definition) is 1. The van der Waals surface area contributed by atoms with Crippen LogP contribution in [0.3, 0.4) is 0 Å². The third-order valence-corrected chi connectivity index (χ3v) is 5.50. The van der Waals surface area contributed by atoms with E-state index in [0.29, 0.717) is 5.02 Å². The van der Waals surface area contributed by atoms with Crippen LogP contribution >= 0.6 is 11.6 Å². The first-order valence-corrected chi connectivity index (χ1v) is 10.5. The summed E-state index contributed by atoms with van der Waals surface area (Å²) in [4.78, 5) is 12.9. The van der Waals surface area contributed by atoms with Gasteiger partial charge in [0.2, 0.25) is 0 Å². The minimum absolute atomic E-state index is 0.109. The lowest BCUT2D eigenvalue weighted by atomic mass is 9.98. The van der Waals surface area contributed by atoms with Crippen LogP contribution in [0.25, 0.3) is 0 Å². The van der Waals surface area contributed by atoms with Gasteiger partial charge in [0, 0.05) is 16.8 Å². The molecule has 0 aliphatic rings. The summed E-state index contributed by atoms with van der Waals surface area (Å²) in [6, 6.07) is 22.4. The van der Waals surface area contributed by atoms with Crippen molar-refractivity contribution < 1.29 is 13.2 Å². The van der Waals surface area contributed by atoms with E-state index in [2.05, 4.69) is 5.32 Å². The Morgan fingerprint density at radius 3 is 2.15 bits per heavy atom. The second-order valence-electron chi connectivity index (χ2n) is 6.17. The molecule has 0 saturated heterocycles. The summed E-state index contributed by atoms with van der Waals surface area (Å²) in [5, 5.41) is 3.60. The lowest BCUT2D eigenvalue weighted by Gasteiger charge is -2.20. The SMILES string of the molecule is CS(=O)(=O)c1cccc(C(=O)NC(c2ccccc2)c2ccc(Cl)cc2)c1. The Kier molecular flexibility index (Phi) is 5.63. The van der Waals surface area contributed by atoms with Crippen LogP contribution in [0, 0.1) is 0 Å². The standard InChI is InChI=1S/C21H18ClNO3S/c1-27(25,26)19-9-5-8-17(14-19)21(24)23-20(15-6-3-2-4-7-15)16-10-12-18(22)13-11-16/h2-14,20H,1H3,(H,23,24). The second-order valence-corrected chi connectivity index (χ2v) is 8.62. The van der Waals surface area contributed by atoms with Crippen molar-refractivity contribution >= 4 is 27.3 Å². The lowest BCUT2D eigenvalue weighted by Crippen LogP contribution is -2.29. The van der Waals surface area contributed by atoms with Crippen LogP contribution in [0.1, 0.15) is 27.5 Å². The fourth-order valence-corrected chi connectivity index (χ4v) is 3.54. The van der Waals surface area contributed by atoms with Crippen LogP contribution in [0.15, 0.2) is 83.8 Å². The van der Waals surface area contributed by atoms with Crippen molar-refractivity contribution in [3.05, 3.63) is 101 Å². The molecule has 0 aliphatic heterocycles. The first-order valence-electron chi connectivity index (χ1n) is 8.26. The maximum atomic E-state index is 12.8. The fourth-order valence-electron chi connectivity index (χ4n) is 2.74. The van der Waals surface area contributed by atoms with E-state index in [9.17, 15) is 13.2 Å². The van der Waals surface area contributed by atoms with Crippen LogP contribution in [0.5, 0.6) is 0 Å². The Hall–Kier alpha value is -2.63. The molecule has 0 aromatic heterocycles. The molecule has 1 atom stereocenters. The highest BCUT2D eigenvalue weighted by atomic mass is 35.5. The number of sulfone groups is 1. The van der Waals surface area contributed by atoms with Crippen molar-refractivity contribution in [3.8, 4) is 0 Å². The highest BCUT2D eigenvalue weighted by Crippen LogP contribution is 2.24. The van der Waals surface area contributed by atoms with Crippen LogP contribution in [0.2, 0.25) is 5.02 Å². The van der Waals surface area contributed by atoms with Crippen molar-refractivity contribution in [2.24, 2.45) is 0 Å². The molecule has 27 heavy (non-hydrogen) atoms. The summed E-state index contributed by atoms with van der Waals surface area (Å²) in [6.45, 7) is 0. The molecule has 3 aromatic rings. The Morgan fingerprint density at radius 2 is 1.52 bits per heavy atom. The highest BCUT2D eigenvalue weighted by molar-refractivity contribution is 7.90. The Morgan fingerprint density at radius 1 is 0.889 bits per heavy atom. The number of halogens is 1. The third-order valence-electron chi connectivity index (χ3n) is 4.14. The number of hydrogen-bond acceptors (Lipinski definition) is 3. The van der Waals surface area contributed by atoms with Gasteiger partial charge in [-0.2, -0.15) is 0 Å². The number of carbonyl (C=O) groups is 1. The Bertz CT molecular complexity index is 1050. The molecule has 1 amide bonds. The van der Waals surface area contributed by atoms with Crippen LogP contribution in [-0.4, -0.2) is 20.6 Å². The molecule has 0 aliphatic carbocycles. The minimum Gasteiger partial charge on any atom is -0.341 e. The average molecular weight is 400 g/mol. The van der Waals surface area contributed by atoms with E-state index in [0.717, 1.165) is 17.4 Å². The van der Waals surface area contributed by atoms with Gasteiger partial charge in [-0.1, -0.05) is 60.1 Å². The van der Waals surface area contributed by atoms with Gasteiger partial charge in [0.25, 0.3) is 5.91 Å². The predicted octanol–water partition coefficient (Wildman–Crippen LogP) is 4.26. The van der Waals surface area contributed by atoms with Gasteiger partial charge in [-0.25, -0.2) is 8.42 Å². The van der Waals surface area contributed by atoms with Gasteiger partial charge in [-0.05, 0) is 41.5 Å². The van der Waals surface area contributed by atoms with E-state index in [4.69, 9.17) is 11.6 Å². The zero-order chi connectivity index (χ0) is 19.4. The van der Waals surface area contributed by atoms with Gasteiger partial charge in [-0.3, -0.25) is 4.79 Å². The van der Waals surface area contributed by atoms with Crippen LogP contribution in [0.4, 0.5) is 0 Å². The topological polar surface area (TPSA) is 63.2 Å². The third kappa shape index (κ3) is 4.76. The Labute approximate surface area is 163 Å². The van der Waals surface area contributed by atoms with E-state index in [-0.39, 0.29) is 16.4 Å². The zero-order valence-corrected chi connectivity index (χ0v) is 16.2. The van der Waals surface area contributed by atoms with Crippen molar-refractivity contribution in [2.45, 2.75) is 10.9 Å². The summed E-state index contributed by atoms with van der Waals surface area (Å²) < 4.78 is 23.5. The van der Waals surface area contributed by atoms with E-state index in [1.165, 1.54) is 12.1 Å². The molecule has 0 bridgehead atoms. The molecule has 0 spiro atoms. The predicted molar refractivity (Wildman–Crippen MR) is 107 cm³/mol. The van der Waals surface area contributed by atoms with Gasteiger partial charge in [0.15, 0.2) is 9.84 Å². The summed E-state index contributed by atoms with van der Waals surface area (Å²) in [6.07, 6.45) is 1.12. The van der Waals surface area contributed by atoms with Gasteiger partial charge in [0.1, 0.15) is 0 Å². The second kappa shape index (κ2) is 7.94. The monoisotopic (exact) mass is 399 g/mol. The largest absolute Gasteiger partial charge is 0.341 e. The molecule has 1 N–H and O–H groups in total. The molecule has 0 radical (unpaired) electrons. The van der Waals surface area contributed by atoms with Crippen molar-refractivity contribution in [1.82, 2.24) is 5.32 Å². The molecule has 138 valence electrons. The molecule has 3 rings (SSSR count). The lowest BCUT2D eigenvalue weighted by molar-refractivity contribution is 0.0942. The van der Waals surface area contributed by atoms with Gasteiger partial charge < -0.3 is 5.32 Å². The molecule has 6 heteroatoms. The maximum Gasteiger partial charge on any atom is 0.252 e. The molecular formula is C21H18ClNO3S. The number of nitrogens with one attached hydrogen (secondary N) is 1. The van der Waals surface area contributed by atoms with Crippen LogP contribution in [-0.2, 0) is 9.84 Å². The van der Waals surface area contributed by atoms with E-state index >= 15 is 0 Å². The van der Waals surface area contributed by atoms with Crippen molar-refractivity contribution in [1.29, 1.82) is 0 Å². The summed E-state index contributed by atoms with van der Waals surface area (Å²) in [5.41, 5.74) is 2.07. The molecule has 0 saturated carbocycles. The van der Waals surface area contributed by atoms with Crippen molar-refractivity contribution in [2.75, 3.05) is 6.26 Å². The number of amides is 1. The van der Waals surface area contributed by atoms with Gasteiger partial charge in [0.05, 0.1) is 10.9 Å². The molecule has 3 aromatic carbocycles. The molecular weight excluding hydrogens is 382 g/mol. The summed E-state index contributed by atoms with van der Waals surface area (Å²) in [5.74, 6) is -0.357. The average Bonchev–Trinajstić information content (AvgIpc) is 2.67. The molecule has 0 fully saturated rings. The molecule has 0 heterocycles. The number of rotatable bonds is 5.